The molecule has 7 heteroatoms. The summed E-state index contributed by atoms with van der Waals surface area (Å²) >= 11 is 0. The number of benzene rings is 2. The van der Waals surface area contributed by atoms with E-state index in [9.17, 15) is 9.59 Å². The SMILES string of the molecule is COc1cc(C(=O)N2CCC(N(C)CCc3ccccc3)CC2)cc2c1NC(=O)CC2.Cl. The van der Waals surface area contributed by atoms with Crippen molar-refractivity contribution >= 4 is 29.9 Å². The minimum Gasteiger partial charge on any atom is -0.495 e. The van der Waals surface area contributed by atoms with Crippen LogP contribution in [0.2, 0.25) is 0 Å². The number of hydrogen-bond donors (Lipinski definition) is 1. The highest BCUT2D eigenvalue weighted by atomic mass is 35.5. The summed E-state index contributed by atoms with van der Waals surface area (Å²) in [5, 5.41) is 2.87. The lowest BCUT2D eigenvalue weighted by molar-refractivity contribution is -0.116. The maximum absolute atomic E-state index is 13.2. The molecule has 0 spiro atoms. The quantitative estimate of drug-likeness (QED) is 0.717. The van der Waals surface area contributed by atoms with Gasteiger partial charge < -0.3 is 19.9 Å². The fraction of sp³-hybridized carbons (Fsp3) is 0.440. The highest BCUT2D eigenvalue weighted by Gasteiger charge is 2.28. The first kappa shape index (κ1) is 24.1. The van der Waals surface area contributed by atoms with Gasteiger partial charge in [-0.2, -0.15) is 0 Å². The summed E-state index contributed by atoms with van der Waals surface area (Å²) in [5.41, 5.74) is 3.68. The van der Waals surface area contributed by atoms with E-state index in [0.717, 1.165) is 44.5 Å². The maximum Gasteiger partial charge on any atom is 0.254 e. The summed E-state index contributed by atoms with van der Waals surface area (Å²) in [5.74, 6) is 0.594. The van der Waals surface area contributed by atoms with Crippen molar-refractivity contribution in [2.75, 3.05) is 39.1 Å². The first-order chi connectivity index (χ1) is 15.0. The highest BCUT2D eigenvalue weighted by Crippen LogP contribution is 2.34. The molecule has 2 amide bonds. The molecule has 2 heterocycles. The van der Waals surface area contributed by atoms with Crippen molar-refractivity contribution in [2.45, 2.75) is 38.1 Å². The number of carbonyl (C=O) groups excluding carboxylic acids is 2. The first-order valence-corrected chi connectivity index (χ1v) is 11.1. The topological polar surface area (TPSA) is 61.9 Å². The van der Waals surface area contributed by atoms with Gasteiger partial charge in [-0.25, -0.2) is 0 Å². The Kier molecular flexibility index (Phi) is 8.15. The van der Waals surface area contributed by atoms with Crippen molar-refractivity contribution in [3.05, 3.63) is 59.2 Å². The zero-order valence-corrected chi connectivity index (χ0v) is 19.6. The standard InChI is InChI=1S/C25H31N3O3.ClH/c1-27(13-10-18-6-4-3-5-7-18)21-11-14-28(15-12-21)25(30)20-16-19-8-9-23(29)26-24(19)22(17-20)31-2;/h3-7,16-17,21H,8-15H2,1-2H3,(H,26,29);1H. The average molecular weight is 458 g/mol. The lowest BCUT2D eigenvalue weighted by Crippen LogP contribution is -2.46. The van der Waals surface area contributed by atoms with Crippen molar-refractivity contribution in [3.8, 4) is 5.75 Å². The van der Waals surface area contributed by atoms with Crippen LogP contribution in [0.1, 0.15) is 40.7 Å². The van der Waals surface area contributed by atoms with Gasteiger partial charge >= 0.3 is 0 Å². The molecule has 0 unspecified atom stereocenters. The van der Waals surface area contributed by atoms with E-state index in [-0.39, 0.29) is 24.2 Å². The molecule has 1 N–H and O–H groups in total. The molecule has 0 saturated carbocycles. The summed E-state index contributed by atoms with van der Waals surface area (Å²) in [6.45, 7) is 2.54. The smallest absolute Gasteiger partial charge is 0.254 e. The molecule has 0 aliphatic carbocycles. The number of aryl methyl sites for hydroxylation is 1. The van der Waals surface area contributed by atoms with E-state index in [1.807, 2.05) is 17.0 Å². The molecule has 4 rings (SSSR count). The predicted molar refractivity (Wildman–Crippen MR) is 129 cm³/mol. The van der Waals surface area contributed by atoms with E-state index in [4.69, 9.17) is 4.74 Å². The molecule has 2 aliphatic heterocycles. The van der Waals surface area contributed by atoms with Gasteiger partial charge in [0.05, 0.1) is 12.8 Å². The first-order valence-electron chi connectivity index (χ1n) is 11.1. The van der Waals surface area contributed by atoms with Crippen LogP contribution in [-0.4, -0.2) is 61.4 Å². The van der Waals surface area contributed by atoms with Crippen LogP contribution in [-0.2, 0) is 17.6 Å². The molecule has 1 saturated heterocycles. The number of likely N-dealkylation sites (tertiary alicyclic amines) is 1. The van der Waals surface area contributed by atoms with Gasteiger partial charge in [0.1, 0.15) is 5.75 Å². The molecule has 32 heavy (non-hydrogen) atoms. The maximum atomic E-state index is 13.2. The van der Waals surface area contributed by atoms with Crippen molar-refractivity contribution in [2.24, 2.45) is 0 Å². The Labute approximate surface area is 196 Å². The number of amides is 2. The summed E-state index contributed by atoms with van der Waals surface area (Å²) in [6, 6.07) is 14.7. The van der Waals surface area contributed by atoms with Crippen molar-refractivity contribution < 1.29 is 14.3 Å². The van der Waals surface area contributed by atoms with Crippen LogP contribution in [0.3, 0.4) is 0 Å². The molecule has 2 aliphatic rings. The second-order valence-corrected chi connectivity index (χ2v) is 8.50. The van der Waals surface area contributed by atoms with Gasteiger partial charge in [-0.1, -0.05) is 30.3 Å². The van der Waals surface area contributed by atoms with E-state index in [0.29, 0.717) is 35.9 Å². The molecule has 0 radical (unpaired) electrons. The van der Waals surface area contributed by atoms with E-state index in [1.54, 1.807) is 13.2 Å². The van der Waals surface area contributed by atoms with Crippen LogP contribution in [0.5, 0.6) is 5.75 Å². The van der Waals surface area contributed by atoms with Gasteiger partial charge in [-0.05, 0) is 56.0 Å². The molecular weight excluding hydrogens is 426 g/mol. The van der Waals surface area contributed by atoms with Gasteiger partial charge in [0.25, 0.3) is 5.91 Å². The number of nitrogens with zero attached hydrogens (tertiary/aromatic N) is 2. The number of halogens is 1. The Bertz CT molecular complexity index is 926. The summed E-state index contributed by atoms with van der Waals surface area (Å²) in [6.07, 6.45) is 4.08. The van der Waals surface area contributed by atoms with Gasteiger partial charge in [-0.15, -0.1) is 12.4 Å². The largest absolute Gasteiger partial charge is 0.495 e. The Hall–Kier alpha value is -2.57. The number of carbonyl (C=O) groups is 2. The predicted octanol–water partition coefficient (Wildman–Crippen LogP) is 3.78. The highest BCUT2D eigenvalue weighted by molar-refractivity contribution is 6.00. The minimum absolute atomic E-state index is 0. The van der Waals surface area contributed by atoms with Crippen LogP contribution in [0.25, 0.3) is 0 Å². The number of anilines is 1. The number of likely N-dealkylation sites (N-methyl/N-ethyl adjacent to an activating group) is 1. The molecule has 172 valence electrons. The Morgan fingerprint density at radius 1 is 1.16 bits per heavy atom. The summed E-state index contributed by atoms with van der Waals surface area (Å²) < 4.78 is 5.46. The van der Waals surface area contributed by atoms with Gasteiger partial charge in [0, 0.05) is 37.7 Å². The Balaban J connectivity index is 0.00000289. The number of rotatable bonds is 6. The Morgan fingerprint density at radius 2 is 1.88 bits per heavy atom. The number of piperidine rings is 1. The summed E-state index contributed by atoms with van der Waals surface area (Å²) in [7, 11) is 3.76. The zero-order chi connectivity index (χ0) is 21.8. The molecule has 0 atom stereocenters. The monoisotopic (exact) mass is 457 g/mol. The molecule has 1 fully saturated rings. The number of methoxy groups -OCH3 is 1. The van der Waals surface area contributed by atoms with Crippen LogP contribution in [0.15, 0.2) is 42.5 Å². The average Bonchev–Trinajstić information content (AvgIpc) is 2.82. The number of hydrogen-bond acceptors (Lipinski definition) is 4. The van der Waals surface area contributed by atoms with Crippen LogP contribution in [0, 0.1) is 0 Å². The normalized spacial score (nSPS) is 16.2. The lowest BCUT2D eigenvalue weighted by Gasteiger charge is -2.37. The van der Waals surface area contributed by atoms with Crippen molar-refractivity contribution in [1.29, 1.82) is 0 Å². The third-order valence-corrected chi connectivity index (χ3v) is 6.51. The third-order valence-electron chi connectivity index (χ3n) is 6.51. The van der Waals surface area contributed by atoms with Crippen LogP contribution >= 0.6 is 12.4 Å². The number of nitrogens with one attached hydrogen (secondary N) is 1. The van der Waals surface area contributed by atoms with Crippen LogP contribution < -0.4 is 10.1 Å². The number of ether oxygens (including phenoxy) is 1. The number of fused-ring (bicyclic) bond motifs is 1. The van der Waals surface area contributed by atoms with Crippen molar-refractivity contribution in [1.82, 2.24) is 9.80 Å². The summed E-state index contributed by atoms with van der Waals surface area (Å²) in [4.78, 5) is 29.3. The molecular formula is C25H32ClN3O3. The molecule has 6 nitrogen and oxygen atoms in total. The molecule has 0 bridgehead atoms. The molecule has 2 aromatic rings. The second kappa shape index (κ2) is 10.8. The fourth-order valence-corrected chi connectivity index (χ4v) is 4.57. The zero-order valence-electron chi connectivity index (χ0n) is 18.8. The third kappa shape index (κ3) is 5.43. The Morgan fingerprint density at radius 3 is 2.56 bits per heavy atom. The van der Waals surface area contributed by atoms with Gasteiger partial charge in [0.2, 0.25) is 5.91 Å². The van der Waals surface area contributed by atoms with Gasteiger partial charge in [0.15, 0.2) is 0 Å². The lowest BCUT2D eigenvalue weighted by atomic mass is 9.97. The fourth-order valence-electron chi connectivity index (χ4n) is 4.57. The van der Waals surface area contributed by atoms with Crippen LogP contribution in [0.4, 0.5) is 5.69 Å². The van der Waals surface area contributed by atoms with E-state index < -0.39 is 0 Å². The van der Waals surface area contributed by atoms with E-state index in [1.165, 1.54) is 5.56 Å². The van der Waals surface area contributed by atoms with E-state index >= 15 is 0 Å². The minimum atomic E-state index is -0.0108. The van der Waals surface area contributed by atoms with Gasteiger partial charge in [-0.3, -0.25) is 9.59 Å². The molecule has 2 aromatic carbocycles. The van der Waals surface area contributed by atoms with E-state index in [2.05, 4.69) is 41.5 Å². The second-order valence-electron chi connectivity index (χ2n) is 8.50. The van der Waals surface area contributed by atoms with Crippen molar-refractivity contribution in [3.63, 3.8) is 0 Å². The molecule has 0 aromatic heterocycles.